The van der Waals surface area contributed by atoms with Crippen LogP contribution in [0.25, 0.3) is 0 Å². The Morgan fingerprint density at radius 1 is 1.39 bits per heavy atom. The molecule has 0 aromatic heterocycles. The van der Waals surface area contributed by atoms with Crippen LogP contribution in [0.3, 0.4) is 0 Å². The van der Waals surface area contributed by atoms with Crippen LogP contribution in [0, 0.1) is 5.92 Å². The van der Waals surface area contributed by atoms with Crippen LogP contribution in [0.15, 0.2) is 24.3 Å². The molecule has 1 fully saturated rings. The van der Waals surface area contributed by atoms with Crippen LogP contribution in [0.4, 0.5) is 5.69 Å². The molecule has 1 aliphatic rings. The molecular weight excluding hydrogens is 295 g/mol. The van der Waals surface area contributed by atoms with Gasteiger partial charge in [-0.3, -0.25) is 0 Å². The van der Waals surface area contributed by atoms with E-state index in [-0.39, 0.29) is 11.8 Å². The predicted octanol–water partition coefficient (Wildman–Crippen LogP) is -0.743. The molecule has 0 bridgehead atoms. The molecule has 1 saturated heterocycles. The molecule has 1 aromatic carbocycles. The molecule has 1 amide bonds. The molecule has 6 heteroatoms. The van der Waals surface area contributed by atoms with Crippen molar-refractivity contribution in [2.45, 2.75) is 6.42 Å². The van der Waals surface area contributed by atoms with Crippen molar-refractivity contribution in [1.29, 1.82) is 0 Å². The summed E-state index contributed by atoms with van der Waals surface area (Å²) in [6, 6.07) is 6.72. The maximum absolute atomic E-state index is 12.0. The normalized spacial score (nSPS) is 20.3. The molecular formula is C12H17AsN2O3. The Kier molecular flexibility index (Phi) is 4.40. The van der Waals surface area contributed by atoms with Gasteiger partial charge < -0.3 is 0 Å². The van der Waals surface area contributed by atoms with E-state index in [1.54, 1.807) is 24.3 Å². The Morgan fingerprint density at radius 2 is 2.06 bits per heavy atom. The number of anilines is 1. The number of carbonyl (C=O) groups is 1. The monoisotopic (exact) mass is 312 g/mol. The molecule has 1 aromatic rings. The molecule has 0 radical (unpaired) electrons. The predicted molar refractivity (Wildman–Crippen MR) is 70.5 cm³/mol. The molecule has 98 valence electrons. The van der Waals surface area contributed by atoms with Crippen LogP contribution in [-0.4, -0.2) is 54.5 Å². The minimum atomic E-state index is -2.80. The fraction of sp³-hybridized carbons (Fsp3) is 0.417. The van der Waals surface area contributed by atoms with E-state index in [4.69, 9.17) is 8.19 Å². The Balaban J connectivity index is 1.95. The van der Waals surface area contributed by atoms with Crippen LogP contribution < -0.4 is 9.67 Å². The fourth-order valence-electron chi connectivity index (χ4n) is 2.07. The number of amides is 1. The van der Waals surface area contributed by atoms with Gasteiger partial charge in [0, 0.05) is 0 Å². The van der Waals surface area contributed by atoms with E-state index in [9.17, 15) is 4.79 Å². The van der Waals surface area contributed by atoms with Crippen molar-refractivity contribution < 1.29 is 13.0 Å². The van der Waals surface area contributed by atoms with Crippen LogP contribution in [0.1, 0.15) is 6.42 Å². The second-order valence-corrected chi connectivity index (χ2v) is 6.87. The molecule has 0 saturated carbocycles. The van der Waals surface area contributed by atoms with Gasteiger partial charge in [0.1, 0.15) is 0 Å². The molecule has 18 heavy (non-hydrogen) atoms. The number of hydrogen-bond acceptors (Lipinski definition) is 4. The Morgan fingerprint density at radius 3 is 2.56 bits per heavy atom. The average molecular weight is 312 g/mol. The molecule has 2 rings (SSSR count). The van der Waals surface area contributed by atoms with Gasteiger partial charge in [-0.05, 0) is 0 Å². The molecule has 0 aliphatic carbocycles. The van der Waals surface area contributed by atoms with Crippen LogP contribution in [0.2, 0.25) is 0 Å². The third-order valence-electron chi connectivity index (χ3n) is 3.13. The number of benzene rings is 1. The zero-order valence-electron chi connectivity index (χ0n) is 10.2. The van der Waals surface area contributed by atoms with E-state index in [0.717, 1.165) is 19.5 Å². The van der Waals surface area contributed by atoms with Crippen molar-refractivity contribution >= 4 is 31.3 Å². The van der Waals surface area contributed by atoms with Crippen molar-refractivity contribution in [2.75, 3.05) is 25.5 Å². The van der Waals surface area contributed by atoms with Crippen LogP contribution >= 0.6 is 0 Å². The molecule has 1 unspecified atom stereocenters. The van der Waals surface area contributed by atoms with Crippen LogP contribution in [-0.2, 0) is 4.79 Å². The molecule has 1 heterocycles. The van der Waals surface area contributed by atoms with E-state index in [1.165, 1.54) is 0 Å². The standard InChI is InChI=1S/C12H17AsN2O3/c1-15-7-6-9(8-15)12(16)14-11-4-2-10(3-5-11)13(17)18/h2-5,9,17-18H,6-8H2,1H3,(H,14,16). The number of hydrogen-bond donors (Lipinski definition) is 3. The van der Waals surface area contributed by atoms with E-state index >= 15 is 0 Å². The third-order valence-corrected chi connectivity index (χ3v) is 4.72. The summed E-state index contributed by atoms with van der Waals surface area (Å²) in [5, 5.41) is 2.86. The summed E-state index contributed by atoms with van der Waals surface area (Å²) in [4.78, 5) is 14.1. The number of nitrogens with zero attached hydrogens (tertiary/aromatic N) is 1. The second kappa shape index (κ2) is 5.85. The van der Waals surface area contributed by atoms with Gasteiger partial charge in [-0.15, -0.1) is 0 Å². The first-order chi connectivity index (χ1) is 8.56. The van der Waals surface area contributed by atoms with Gasteiger partial charge in [-0.25, -0.2) is 0 Å². The summed E-state index contributed by atoms with van der Waals surface area (Å²) in [5.41, 5.74) is 0.703. The van der Waals surface area contributed by atoms with Crippen molar-refractivity contribution in [3.05, 3.63) is 24.3 Å². The third kappa shape index (κ3) is 3.33. The number of carbonyl (C=O) groups excluding carboxylic acids is 1. The molecule has 1 atom stereocenters. The summed E-state index contributed by atoms with van der Waals surface area (Å²) in [6.07, 6.45) is 0.892. The van der Waals surface area contributed by atoms with E-state index < -0.39 is 15.3 Å². The number of rotatable bonds is 3. The SMILES string of the molecule is CN1CCC(C(=O)Nc2ccc([As](O)O)cc2)C1. The van der Waals surface area contributed by atoms with Crippen LogP contribution in [0.5, 0.6) is 0 Å². The van der Waals surface area contributed by atoms with Crippen molar-refractivity contribution in [2.24, 2.45) is 5.92 Å². The van der Waals surface area contributed by atoms with Gasteiger partial charge in [0.15, 0.2) is 0 Å². The average Bonchev–Trinajstić information content (AvgIpc) is 2.76. The minimum absolute atomic E-state index is 0.0366. The molecule has 3 N–H and O–H groups in total. The van der Waals surface area contributed by atoms with Gasteiger partial charge in [-0.1, -0.05) is 0 Å². The van der Waals surface area contributed by atoms with Crippen molar-refractivity contribution in [3.63, 3.8) is 0 Å². The first-order valence-electron chi connectivity index (χ1n) is 5.83. The summed E-state index contributed by atoms with van der Waals surface area (Å²) in [7, 11) is 2.01. The number of nitrogens with one attached hydrogen (secondary N) is 1. The summed E-state index contributed by atoms with van der Waals surface area (Å²) >= 11 is -2.80. The van der Waals surface area contributed by atoms with Gasteiger partial charge in [0.2, 0.25) is 0 Å². The summed E-state index contributed by atoms with van der Waals surface area (Å²) in [6.45, 7) is 1.76. The zero-order valence-corrected chi connectivity index (χ0v) is 12.1. The van der Waals surface area contributed by atoms with Gasteiger partial charge >= 0.3 is 111 Å². The maximum atomic E-state index is 12.0. The fourth-order valence-corrected chi connectivity index (χ4v) is 2.94. The van der Waals surface area contributed by atoms with Gasteiger partial charge in [0.25, 0.3) is 0 Å². The topological polar surface area (TPSA) is 72.8 Å². The van der Waals surface area contributed by atoms with Gasteiger partial charge in [-0.2, -0.15) is 0 Å². The van der Waals surface area contributed by atoms with E-state index in [2.05, 4.69) is 10.2 Å². The Hall–Kier alpha value is -0.872. The quantitative estimate of drug-likeness (QED) is 0.643. The van der Waals surface area contributed by atoms with E-state index in [0.29, 0.717) is 10.0 Å². The van der Waals surface area contributed by atoms with Crippen molar-refractivity contribution in [3.8, 4) is 0 Å². The Labute approximate surface area is 111 Å². The first kappa shape index (κ1) is 13.6. The van der Waals surface area contributed by atoms with Crippen molar-refractivity contribution in [1.82, 2.24) is 4.90 Å². The molecule has 5 nitrogen and oxygen atoms in total. The molecule has 1 aliphatic heterocycles. The van der Waals surface area contributed by atoms with E-state index in [1.807, 2.05) is 7.05 Å². The van der Waals surface area contributed by atoms with Gasteiger partial charge in [0.05, 0.1) is 0 Å². The molecule has 0 spiro atoms. The zero-order chi connectivity index (χ0) is 13.1. The number of likely N-dealkylation sites (tertiary alicyclic amines) is 1. The second-order valence-electron chi connectivity index (χ2n) is 4.57. The Bertz CT molecular complexity index is 422. The summed E-state index contributed by atoms with van der Waals surface area (Å²) < 4.78 is 18.8. The summed E-state index contributed by atoms with van der Waals surface area (Å²) in [5.74, 6) is 0.0856. The first-order valence-corrected chi connectivity index (χ1v) is 8.45.